The van der Waals surface area contributed by atoms with Crippen molar-refractivity contribution in [1.82, 2.24) is 10.2 Å². The summed E-state index contributed by atoms with van der Waals surface area (Å²) in [7, 11) is 0. The van der Waals surface area contributed by atoms with Crippen molar-refractivity contribution in [3.8, 4) is 0 Å². The average molecular weight is 466 g/mol. The zero-order valence-electron chi connectivity index (χ0n) is 18.3. The Morgan fingerprint density at radius 3 is 2.50 bits per heavy atom. The van der Waals surface area contributed by atoms with Crippen LogP contribution in [0.5, 0.6) is 0 Å². The summed E-state index contributed by atoms with van der Waals surface area (Å²) in [6.07, 6.45) is -2.14. The predicted molar refractivity (Wildman–Crippen MR) is 115 cm³/mol. The van der Waals surface area contributed by atoms with Gasteiger partial charge in [0, 0.05) is 11.7 Å². The first-order valence-corrected chi connectivity index (χ1v) is 11.1. The van der Waals surface area contributed by atoms with Crippen molar-refractivity contribution in [1.29, 1.82) is 0 Å². The second-order valence-electron chi connectivity index (χ2n) is 7.94. The fourth-order valence-electron chi connectivity index (χ4n) is 3.72. The summed E-state index contributed by atoms with van der Waals surface area (Å²) in [4.78, 5) is 51.0. The molecular formula is C21H27N3O7S. The van der Waals surface area contributed by atoms with Crippen LogP contribution in [0.25, 0.3) is 0 Å². The molecule has 3 rings (SSSR count). The number of esters is 1. The smallest absolute Gasteiger partial charge is 0.435 e. The number of nitrogens with one attached hydrogen (secondary N) is 1. The Morgan fingerprint density at radius 2 is 1.88 bits per heavy atom. The van der Waals surface area contributed by atoms with E-state index in [-0.39, 0.29) is 6.61 Å². The molecule has 2 aliphatic rings. The number of hydrogen-bond donors (Lipinski definition) is 2. The molecule has 2 amide bonds. The number of hydrogen-bond acceptors (Lipinski definition) is 9. The first-order valence-electron chi connectivity index (χ1n) is 10.2. The van der Waals surface area contributed by atoms with Gasteiger partial charge in [-0.3, -0.25) is 9.59 Å². The second-order valence-corrected chi connectivity index (χ2v) is 9.71. The second kappa shape index (κ2) is 9.37. The Balaban J connectivity index is 1.63. The summed E-state index contributed by atoms with van der Waals surface area (Å²) in [5.74, 6) is -1.58. The van der Waals surface area contributed by atoms with E-state index < -0.39 is 58.5 Å². The molecule has 174 valence electrons. The standard InChI is InChI=1S/C21H27N3O7S/c1-5-29-20(28)31-11(2)30-19(27)15-21(3,4)32-18-14(17(26)24(15)18)23-16(25)13(22)12-9-7-6-8-10-12/h6-11,13-15,18H,5,22H2,1-4H3,(H,23,25)/t11-,13+,14-,15+,18+/m0/s1. The molecular weight excluding hydrogens is 438 g/mol. The SMILES string of the molecule is CCOC(=O)O[C@@H](C)OC(=O)[C@H]1N2C(=O)[C@H](NC(=O)[C@H](N)c3ccccc3)[C@H]2SC1(C)C. The molecule has 1 aromatic rings. The van der Waals surface area contributed by atoms with Gasteiger partial charge in [-0.2, -0.15) is 0 Å². The topological polar surface area (TPSA) is 137 Å². The molecule has 5 atom stereocenters. The molecule has 2 saturated heterocycles. The molecule has 0 bridgehead atoms. The molecule has 2 aliphatic heterocycles. The zero-order chi connectivity index (χ0) is 23.6. The van der Waals surface area contributed by atoms with E-state index in [1.807, 2.05) is 6.07 Å². The van der Waals surface area contributed by atoms with E-state index in [2.05, 4.69) is 10.1 Å². The van der Waals surface area contributed by atoms with Crippen molar-refractivity contribution in [2.45, 2.75) is 62.2 Å². The monoisotopic (exact) mass is 465 g/mol. The summed E-state index contributed by atoms with van der Waals surface area (Å²) in [5.41, 5.74) is 6.65. The van der Waals surface area contributed by atoms with E-state index in [1.165, 1.54) is 23.6 Å². The number of carbonyl (C=O) groups excluding carboxylic acids is 4. The lowest BCUT2D eigenvalue weighted by atomic mass is 9.95. The summed E-state index contributed by atoms with van der Waals surface area (Å²) in [6.45, 7) is 6.74. The minimum Gasteiger partial charge on any atom is -0.435 e. The summed E-state index contributed by atoms with van der Waals surface area (Å²) in [5, 5.41) is 2.26. The number of rotatable bonds is 7. The van der Waals surface area contributed by atoms with Gasteiger partial charge in [0.15, 0.2) is 0 Å². The van der Waals surface area contributed by atoms with Crippen LogP contribution in [0.3, 0.4) is 0 Å². The van der Waals surface area contributed by atoms with Crippen molar-refractivity contribution in [3.05, 3.63) is 35.9 Å². The number of β-lactam (4-membered cyclic amide) rings is 1. The fraction of sp³-hybridized carbons (Fsp3) is 0.524. The van der Waals surface area contributed by atoms with Crippen molar-refractivity contribution < 1.29 is 33.4 Å². The molecule has 3 N–H and O–H groups in total. The Hall–Kier alpha value is -2.79. The Bertz CT molecular complexity index is 895. The Morgan fingerprint density at radius 1 is 1.22 bits per heavy atom. The number of thioether (sulfide) groups is 1. The first kappa shape index (κ1) is 23.9. The molecule has 32 heavy (non-hydrogen) atoms. The molecule has 11 heteroatoms. The van der Waals surface area contributed by atoms with Crippen molar-refractivity contribution in [2.24, 2.45) is 5.73 Å². The predicted octanol–water partition coefficient (Wildman–Crippen LogP) is 1.30. The lowest BCUT2D eigenvalue weighted by Gasteiger charge is -2.44. The minimum atomic E-state index is -1.18. The third-order valence-corrected chi connectivity index (χ3v) is 6.78. The molecule has 0 aliphatic carbocycles. The highest BCUT2D eigenvalue weighted by molar-refractivity contribution is 8.01. The third kappa shape index (κ3) is 4.68. The Labute approximate surface area is 190 Å². The van der Waals surface area contributed by atoms with Gasteiger partial charge in [0.2, 0.25) is 18.1 Å². The van der Waals surface area contributed by atoms with Gasteiger partial charge in [-0.05, 0) is 26.3 Å². The molecule has 10 nitrogen and oxygen atoms in total. The van der Waals surface area contributed by atoms with Crippen LogP contribution < -0.4 is 11.1 Å². The summed E-state index contributed by atoms with van der Waals surface area (Å²) >= 11 is 1.38. The number of carbonyl (C=O) groups is 4. The molecule has 1 aromatic carbocycles. The number of amides is 2. The van der Waals surface area contributed by atoms with Gasteiger partial charge < -0.3 is 30.2 Å². The highest BCUT2D eigenvalue weighted by atomic mass is 32.2. The van der Waals surface area contributed by atoms with Crippen molar-refractivity contribution in [2.75, 3.05) is 6.61 Å². The number of nitrogens with zero attached hydrogens (tertiary/aromatic N) is 1. The molecule has 2 fully saturated rings. The van der Waals surface area contributed by atoms with E-state index in [1.54, 1.807) is 45.0 Å². The summed E-state index contributed by atoms with van der Waals surface area (Å²) in [6, 6.07) is 6.21. The van der Waals surface area contributed by atoms with Crippen LogP contribution in [0.15, 0.2) is 30.3 Å². The van der Waals surface area contributed by atoms with Crippen LogP contribution in [0.2, 0.25) is 0 Å². The Kier molecular flexibility index (Phi) is 6.99. The molecule has 0 aromatic heterocycles. The average Bonchev–Trinajstić information content (AvgIpc) is 2.99. The fourth-order valence-corrected chi connectivity index (χ4v) is 5.34. The van der Waals surface area contributed by atoms with Crippen molar-refractivity contribution in [3.63, 3.8) is 0 Å². The minimum absolute atomic E-state index is 0.122. The van der Waals surface area contributed by atoms with Crippen LogP contribution in [0.1, 0.15) is 39.3 Å². The maximum absolute atomic E-state index is 12.8. The lowest BCUT2D eigenvalue weighted by molar-refractivity contribution is -0.180. The van der Waals surface area contributed by atoms with Crippen molar-refractivity contribution >= 4 is 35.7 Å². The van der Waals surface area contributed by atoms with Crippen LogP contribution in [-0.2, 0) is 28.6 Å². The van der Waals surface area contributed by atoms with E-state index in [0.717, 1.165) is 0 Å². The molecule has 0 saturated carbocycles. The van der Waals surface area contributed by atoms with E-state index in [9.17, 15) is 19.2 Å². The zero-order valence-corrected chi connectivity index (χ0v) is 19.1. The highest BCUT2D eigenvalue weighted by Crippen LogP contribution is 2.51. The van der Waals surface area contributed by atoms with E-state index in [0.29, 0.717) is 5.56 Å². The van der Waals surface area contributed by atoms with Crippen LogP contribution >= 0.6 is 11.8 Å². The van der Waals surface area contributed by atoms with Gasteiger partial charge >= 0.3 is 12.1 Å². The highest BCUT2D eigenvalue weighted by Gasteiger charge is 2.64. The number of ether oxygens (including phenoxy) is 3. The van der Waals surface area contributed by atoms with Gasteiger partial charge in [-0.25, -0.2) is 9.59 Å². The summed E-state index contributed by atoms with van der Waals surface area (Å²) < 4.78 is 14.0. The largest absolute Gasteiger partial charge is 0.511 e. The molecule has 0 unspecified atom stereocenters. The van der Waals surface area contributed by atoms with E-state index >= 15 is 0 Å². The van der Waals surface area contributed by atoms with Gasteiger partial charge in [0.05, 0.1) is 6.61 Å². The lowest BCUT2D eigenvalue weighted by Crippen LogP contribution is -2.71. The van der Waals surface area contributed by atoms with Crippen LogP contribution in [-0.4, -0.2) is 63.9 Å². The maximum atomic E-state index is 12.8. The molecule has 0 radical (unpaired) electrons. The first-order chi connectivity index (χ1) is 15.1. The van der Waals surface area contributed by atoms with Crippen LogP contribution in [0, 0.1) is 0 Å². The third-order valence-electron chi connectivity index (χ3n) is 5.21. The van der Waals surface area contributed by atoms with Gasteiger partial charge in [-0.15, -0.1) is 11.8 Å². The number of nitrogens with two attached hydrogens (primary N) is 1. The van der Waals surface area contributed by atoms with Gasteiger partial charge in [0.1, 0.15) is 23.5 Å². The number of benzene rings is 1. The number of fused-ring (bicyclic) bond motifs is 1. The normalized spacial score (nSPS) is 25.1. The van der Waals surface area contributed by atoms with E-state index in [4.69, 9.17) is 15.2 Å². The van der Waals surface area contributed by atoms with Gasteiger partial charge in [-0.1, -0.05) is 30.3 Å². The quantitative estimate of drug-likeness (QED) is 0.347. The maximum Gasteiger partial charge on any atom is 0.511 e. The molecule has 0 spiro atoms. The van der Waals surface area contributed by atoms with Crippen LogP contribution in [0.4, 0.5) is 4.79 Å². The van der Waals surface area contributed by atoms with Gasteiger partial charge in [0.25, 0.3) is 0 Å². The molecule has 2 heterocycles.